The molecule has 1 amide bonds. The van der Waals surface area contributed by atoms with Crippen LogP contribution in [0.4, 0.5) is 0 Å². The summed E-state index contributed by atoms with van der Waals surface area (Å²) in [7, 11) is 0. The number of thiophene rings is 1. The highest BCUT2D eigenvalue weighted by Gasteiger charge is 2.21. The molecule has 0 atom stereocenters. The van der Waals surface area contributed by atoms with Crippen LogP contribution in [0.15, 0.2) is 9.37 Å². The van der Waals surface area contributed by atoms with Gasteiger partial charge in [-0.25, -0.2) is 15.0 Å². The van der Waals surface area contributed by atoms with Crippen molar-refractivity contribution < 1.29 is 4.79 Å². The highest BCUT2D eigenvalue weighted by Crippen LogP contribution is 2.40. The number of aryl methyl sites for hydroxylation is 3. The van der Waals surface area contributed by atoms with E-state index in [1.165, 1.54) is 34.6 Å². The zero-order valence-corrected chi connectivity index (χ0v) is 20.3. The lowest BCUT2D eigenvalue weighted by Crippen LogP contribution is -2.32. The number of hydrogen-bond donors (Lipinski definition) is 1. The fourth-order valence-electron chi connectivity index (χ4n) is 3.67. The first-order valence-corrected chi connectivity index (χ1v) is 12.7. The number of likely N-dealkylation sites (tertiary alicyclic amines) is 1. The molecule has 0 aliphatic carbocycles. The zero-order valence-electron chi connectivity index (χ0n) is 17.8. The Balaban J connectivity index is 1.66. The first-order chi connectivity index (χ1) is 14.3. The molecule has 160 valence electrons. The van der Waals surface area contributed by atoms with Crippen LogP contribution in [0, 0.1) is 26.7 Å². The summed E-state index contributed by atoms with van der Waals surface area (Å²) in [4.78, 5) is 31.6. The third kappa shape index (κ3) is 4.69. The molecule has 4 rings (SSSR count). The van der Waals surface area contributed by atoms with E-state index >= 15 is 0 Å². The molecule has 1 aliphatic heterocycles. The fourth-order valence-corrected chi connectivity index (χ4v) is 7.14. The molecule has 0 bridgehead atoms. The normalized spacial score (nSPS) is 15.9. The number of primary amides is 1. The molecule has 0 radical (unpaired) electrons. The number of carbonyl (C=O) groups excluding carboxylic acids is 1. The van der Waals surface area contributed by atoms with E-state index < -0.39 is 0 Å². The van der Waals surface area contributed by atoms with Crippen LogP contribution in [-0.2, 0) is 17.8 Å². The van der Waals surface area contributed by atoms with Crippen LogP contribution in [0.2, 0.25) is 0 Å². The van der Waals surface area contributed by atoms with Crippen molar-refractivity contribution >= 4 is 50.6 Å². The molecule has 9 heteroatoms. The van der Waals surface area contributed by atoms with Gasteiger partial charge >= 0.3 is 0 Å². The van der Waals surface area contributed by atoms with Gasteiger partial charge in [-0.15, -0.1) is 22.7 Å². The van der Waals surface area contributed by atoms with Crippen LogP contribution in [0.1, 0.15) is 46.6 Å². The monoisotopic (exact) mass is 461 g/mol. The molecule has 1 aliphatic rings. The van der Waals surface area contributed by atoms with Gasteiger partial charge in [0.25, 0.3) is 0 Å². The van der Waals surface area contributed by atoms with Crippen molar-refractivity contribution in [3.8, 4) is 0 Å². The number of rotatable bonds is 6. The number of carbonyl (C=O) groups is 1. The third-order valence-corrected chi connectivity index (χ3v) is 8.98. The molecule has 1 fully saturated rings. The van der Waals surface area contributed by atoms with Gasteiger partial charge in [0.2, 0.25) is 5.91 Å². The second kappa shape index (κ2) is 8.90. The second-order valence-corrected chi connectivity index (χ2v) is 11.6. The van der Waals surface area contributed by atoms with Crippen molar-refractivity contribution in [2.45, 2.75) is 62.9 Å². The van der Waals surface area contributed by atoms with E-state index in [-0.39, 0.29) is 12.3 Å². The van der Waals surface area contributed by atoms with E-state index in [2.05, 4.69) is 30.7 Å². The van der Waals surface area contributed by atoms with E-state index in [0.717, 1.165) is 61.5 Å². The summed E-state index contributed by atoms with van der Waals surface area (Å²) in [5, 5.41) is 2.09. The Morgan fingerprint density at radius 3 is 2.60 bits per heavy atom. The Morgan fingerprint density at radius 1 is 1.17 bits per heavy atom. The van der Waals surface area contributed by atoms with Crippen molar-refractivity contribution in [1.29, 1.82) is 0 Å². The minimum Gasteiger partial charge on any atom is -0.369 e. The molecule has 0 unspecified atom stereocenters. The standard InChI is InChI=1S/C21H27N5OS3/c1-11-5-7-26(8-6-11)10-17-24-19-18(12(2)14(4)28-19)20(25-17)30-21-23-13(3)15(29-21)9-16(22)27/h11H,5-10H2,1-4H3,(H2,22,27). The van der Waals surface area contributed by atoms with Crippen molar-refractivity contribution in [2.75, 3.05) is 13.1 Å². The average Bonchev–Trinajstić information content (AvgIpc) is 3.15. The van der Waals surface area contributed by atoms with E-state index in [9.17, 15) is 4.79 Å². The highest BCUT2D eigenvalue weighted by atomic mass is 32.2. The van der Waals surface area contributed by atoms with Gasteiger partial charge in [0, 0.05) is 15.1 Å². The predicted octanol–water partition coefficient (Wildman–Crippen LogP) is 4.48. The van der Waals surface area contributed by atoms with Gasteiger partial charge in [0.15, 0.2) is 4.34 Å². The second-order valence-electron chi connectivity index (χ2n) is 8.10. The average molecular weight is 462 g/mol. The van der Waals surface area contributed by atoms with Gasteiger partial charge < -0.3 is 5.73 Å². The van der Waals surface area contributed by atoms with E-state index in [1.807, 2.05) is 6.92 Å². The summed E-state index contributed by atoms with van der Waals surface area (Å²) < 4.78 is 0.893. The summed E-state index contributed by atoms with van der Waals surface area (Å²) in [6, 6.07) is 0. The SMILES string of the molecule is Cc1nc(Sc2nc(CN3CCC(C)CC3)nc3sc(C)c(C)c23)sc1CC(N)=O. The topological polar surface area (TPSA) is 85.0 Å². The maximum atomic E-state index is 11.3. The summed E-state index contributed by atoms with van der Waals surface area (Å²) in [5.41, 5.74) is 7.48. The molecule has 0 saturated carbocycles. The van der Waals surface area contributed by atoms with Crippen LogP contribution in [-0.4, -0.2) is 38.8 Å². The molecule has 1 saturated heterocycles. The maximum Gasteiger partial charge on any atom is 0.222 e. The van der Waals surface area contributed by atoms with Crippen LogP contribution in [0.25, 0.3) is 10.2 Å². The smallest absolute Gasteiger partial charge is 0.222 e. The molecular formula is C21H27N5OS3. The number of thiazole rings is 1. The number of aromatic nitrogens is 3. The Labute approximate surface area is 189 Å². The number of nitrogens with two attached hydrogens (primary N) is 1. The summed E-state index contributed by atoms with van der Waals surface area (Å²) >= 11 is 4.84. The van der Waals surface area contributed by atoms with Crippen molar-refractivity contribution in [2.24, 2.45) is 11.7 Å². The van der Waals surface area contributed by atoms with E-state index in [0.29, 0.717) is 0 Å². The van der Waals surface area contributed by atoms with Gasteiger partial charge in [0.1, 0.15) is 15.7 Å². The first-order valence-electron chi connectivity index (χ1n) is 10.2. The number of nitrogens with zero attached hydrogens (tertiary/aromatic N) is 4. The minimum atomic E-state index is -0.329. The number of fused-ring (bicyclic) bond motifs is 1. The van der Waals surface area contributed by atoms with Crippen molar-refractivity contribution in [3.05, 3.63) is 26.8 Å². The Bertz CT molecular complexity index is 1080. The molecule has 3 aromatic heterocycles. The molecule has 30 heavy (non-hydrogen) atoms. The van der Waals surface area contributed by atoms with Gasteiger partial charge in [-0.1, -0.05) is 6.92 Å². The lowest BCUT2D eigenvalue weighted by Gasteiger charge is -2.29. The molecule has 2 N–H and O–H groups in total. The van der Waals surface area contributed by atoms with Gasteiger partial charge in [-0.05, 0) is 69.9 Å². The molecule has 3 aromatic rings. The first kappa shape index (κ1) is 21.7. The van der Waals surface area contributed by atoms with Crippen molar-refractivity contribution in [3.63, 3.8) is 0 Å². The number of amides is 1. The fraction of sp³-hybridized carbons (Fsp3) is 0.524. The van der Waals surface area contributed by atoms with Crippen molar-refractivity contribution in [1.82, 2.24) is 19.9 Å². The molecule has 0 spiro atoms. The largest absolute Gasteiger partial charge is 0.369 e. The Kier molecular flexibility index (Phi) is 6.43. The lowest BCUT2D eigenvalue weighted by molar-refractivity contribution is -0.117. The summed E-state index contributed by atoms with van der Waals surface area (Å²) in [6.45, 7) is 11.5. The highest BCUT2D eigenvalue weighted by molar-refractivity contribution is 8.01. The van der Waals surface area contributed by atoms with Crippen LogP contribution >= 0.6 is 34.4 Å². The van der Waals surface area contributed by atoms with Crippen LogP contribution in [0.5, 0.6) is 0 Å². The van der Waals surface area contributed by atoms with Gasteiger partial charge in [0.05, 0.1) is 18.7 Å². The van der Waals surface area contributed by atoms with Gasteiger partial charge in [-0.3, -0.25) is 9.69 Å². The minimum absolute atomic E-state index is 0.235. The van der Waals surface area contributed by atoms with Crippen LogP contribution < -0.4 is 5.73 Å². The third-order valence-electron chi connectivity index (χ3n) is 5.67. The maximum absolute atomic E-state index is 11.3. The molecular weight excluding hydrogens is 434 g/mol. The molecule has 4 heterocycles. The summed E-state index contributed by atoms with van der Waals surface area (Å²) in [5.74, 6) is 1.36. The Morgan fingerprint density at radius 2 is 1.90 bits per heavy atom. The molecule has 6 nitrogen and oxygen atoms in total. The number of hydrogen-bond acceptors (Lipinski definition) is 8. The van der Waals surface area contributed by atoms with Crippen LogP contribution in [0.3, 0.4) is 0 Å². The lowest BCUT2D eigenvalue weighted by atomic mass is 9.99. The zero-order chi connectivity index (χ0) is 21.4. The number of piperidine rings is 1. The predicted molar refractivity (Wildman–Crippen MR) is 124 cm³/mol. The summed E-state index contributed by atoms with van der Waals surface area (Å²) in [6.07, 6.45) is 2.71. The van der Waals surface area contributed by atoms with Gasteiger partial charge in [-0.2, -0.15) is 0 Å². The molecule has 0 aromatic carbocycles. The van der Waals surface area contributed by atoms with E-state index in [4.69, 9.17) is 15.7 Å². The van der Waals surface area contributed by atoms with E-state index in [1.54, 1.807) is 23.1 Å². The Hall–Kier alpha value is -1.55. The quantitative estimate of drug-likeness (QED) is 0.545.